The number of nitrogen functional groups attached to an aromatic ring is 1. The number of piperazine rings is 1. The summed E-state index contributed by atoms with van der Waals surface area (Å²) >= 11 is 0. The normalized spacial score (nSPS) is 27.8. The van der Waals surface area contributed by atoms with Crippen LogP contribution in [0.3, 0.4) is 0 Å². The van der Waals surface area contributed by atoms with E-state index in [4.69, 9.17) is 5.73 Å². The molecule has 0 bridgehead atoms. The molecule has 4 heteroatoms. The Morgan fingerprint density at radius 2 is 1.90 bits per heavy atom. The first-order chi connectivity index (χ1) is 10.3. The van der Waals surface area contributed by atoms with Crippen molar-refractivity contribution in [3.8, 4) is 0 Å². The lowest BCUT2D eigenvalue weighted by molar-refractivity contribution is 0.0952. The lowest BCUT2D eigenvalue weighted by atomic mass is 9.81. The second-order valence-corrected chi connectivity index (χ2v) is 6.48. The van der Waals surface area contributed by atoms with Crippen LogP contribution in [0.25, 0.3) is 0 Å². The second-order valence-electron chi connectivity index (χ2n) is 6.48. The third kappa shape index (κ3) is 3.31. The van der Waals surface area contributed by atoms with Gasteiger partial charge in [0.2, 0.25) is 0 Å². The summed E-state index contributed by atoms with van der Waals surface area (Å²) in [6.07, 6.45) is 8.94. The third-order valence-electron chi connectivity index (χ3n) is 5.31. The Labute approximate surface area is 128 Å². The highest BCUT2D eigenvalue weighted by atomic mass is 15.3. The van der Waals surface area contributed by atoms with Crippen LogP contribution in [0.15, 0.2) is 18.3 Å². The largest absolute Gasteiger partial charge is 0.384 e. The fraction of sp³-hybridized carbons (Fsp3) is 0.706. The molecule has 2 atom stereocenters. The van der Waals surface area contributed by atoms with Crippen molar-refractivity contribution in [2.45, 2.75) is 45.1 Å². The van der Waals surface area contributed by atoms with E-state index in [2.05, 4.69) is 27.8 Å². The zero-order chi connectivity index (χ0) is 14.7. The summed E-state index contributed by atoms with van der Waals surface area (Å²) in [7, 11) is 0. The maximum Gasteiger partial charge on any atom is 0.123 e. The Morgan fingerprint density at radius 1 is 1.14 bits per heavy atom. The molecule has 116 valence electrons. The van der Waals surface area contributed by atoms with Crippen LogP contribution in [0, 0.1) is 5.92 Å². The standard InChI is InChI=1S/C17H28N4/c1-2-14-5-3-4-6-16(14)21-11-9-20(10-12-21)15-7-8-17(18)19-13-15/h7-8,13-14,16H,2-6,9-12H2,1H3,(H2,18,19). The van der Waals surface area contributed by atoms with Gasteiger partial charge in [-0.25, -0.2) is 4.98 Å². The van der Waals surface area contributed by atoms with Crippen molar-refractivity contribution in [3.05, 3.63) is 18.3 Å². The van der Waals surface area contributed by atoms with Gasteiger partial charge in [-0.1, -0.05) is 26.2 Å². The molecule has 3 rings (SSSR count). The molecule has 1 aromatic rings. The van der Waals surface area contributed by atoms with E-state index >= 15 is 0 Å². The summed E-state index contributed by atoms with van der Waals surface area (Å²) in [4.78, 5) is 9.39. The zero-order valence-electron chi connectivity index (χ0n) is 13.2. The second kappa shape index (κ2) is 6.65. The Kier molecular flexibility index (Phi) is 4.63. The van der Waals surface area contributed by atoms with Crippen LogP contribution in [0.2, 0.25) is 0 Å². The van der Waals surface area contributed by atoms with Crippen LogP contribution >= 0.6 is 0 Å². The summed E-state index contributed by atoms with van der Waals surface area (Å²) in [5.74, 6) is 1.52. The van der Waals surface area contributed by atoms with Crippen LogP contribution in [0.5, 0.6) is 0 Å². The predicted molar refractivity (Wildman–Crippen MR) is 88.5 cm³/mol. The van der Waals surface area contributed by atoms with Gasteiger partial charge in [0.1, 0.15) is 5.82 Å². The van der Waals surface area contributed by atoms with Gasteiger partial charge in [0, 0.05) is 32.2 Å². The molecular formula is C17H28N4. The number of rotatable bonds is 3. The van der Waals surface area contributed by atoms with Gasteiger partial charge in [-0.15, -0.1) is 0 Å². The molecule has 1 aromatic heterocycles. The van der Waals surface area contributed by atoms with Crippen LogP contribution < -0.4 is 10.6 Å². The molecular weight excluding hydrogens is 260 g/mol. The fourth-order valence-electron chi connectivity index (χ4n) is 4.04. The molecule has 2 aliphatic rings. The van der Waals surface area contributed by atoms with E-state index in [0.29, 0.717) is 5.82 Å². The van der Waals surface area contributed by atoms with E-state index in [0.717, 1.165) is 25.0 Å². The van der Waals surface area contributed by atoms with Gasteiger partial charge < -0.3 is 10.6 Å². The van der Waals surface area contributed by atoms with Crippen molar-refractivity contribution >= 4 is 11.5 Å². The molecule has 1 saturated heterocycles. The minimum Gasteiger partial charge on any atom is -0.384 e. The number of hydrogen-bond acceptors (Lipinski definition) is 4. The molecule has 1 aliphatic heterocycles. The molecule has 0 radical (unpaired) electrons. The molecule has 2 N–H and O–H groups in total. The van der Waals surface area contributed by atoms with Gasteiger partial charge in [-0.3, -0.25) is 4.90 Å². The van der Waals surface area contributed by atoms with Gasteiger partial charge in [0.25, 0.3) is 0 Å². The van der Waals surface area contributed by atoms with Gasteiger partial charge in [0.05, 0.1) is 11.9 Å². The minimum atomic E-state index is 0.602. The number of anilines is 2. The van der Waals surface area contributed by atoms with E-state index in [1.165, 1.54) is 50.9 Å². The summed E-state index contributed by atoms with van der Waals surface area (Å²) in [6.45, 7) is 6.95. The number of nitrogens with two attached hydrogens (primary N) is 1. The molecule has 2 heterocycles. The highest BCUT2D eigenvalue weighted by molar-refractivity contribution is 5.48. The van der Waals surface area contributed by atoms with Crippen LogP contribution in [-0.2, 0) is 0 Å². The summed E-state index contributed by atoms with van der Waals surface area (Å²) in [6, 6.07) is 4.82. The molecule has 0 amide bonds. The van der Waals surface area contributed by atoms with Crippen molar-refractivity contribution in [2.24, 2.45) is 5.92 Å². The highest BCUT2D eigenvalue weighted by Gasteiger charge is 2.31. The van der Waals surface area contributed by atoms with Crippen molar-refractivity contribution in [1.82, 2.24) is 9.88 Å². The van der Waals surface area contributed by atoms with Gasteiger partial charge >= 0.3 is 0 Å². The average Bonchev–Trinajstić information content (AvgIpc) is 2.56. The number of nitrogens with zero attached hydrogens (tertiary/aromatic N) is 3. The smallest absolute Gasteiger partial charge is 0.123 e. The Bertz CT molecular complexity index is 437. The SMILES string of the molecule is CCC1CCCCC1N1CCN(c2ccc(N)nc2)CC1. The maximum atomic E-state index is 5.67. The number of pyridine rings is 1. The Balaban J connectivity index is 1.58. The monoisotopic (exact) mass is 288 g/mol. The lowest BCUT2D eigenvalue weighted by Crippen LogP contribution is -2.53. The van der Waals surface area contributed by atoms with E-state index in [1.54, 1.807) is 0 Å². The van der Waals surface area contributed by atoms with E-state index in [1.807, 2.05) is 12.3 Å². The topological polar surface area (TPSA) is 45.4 Å². The summed E-state index contributed by atoms with van der Waals surface area (Å²) in [5, 5.41) is 0. The number of aromatic nitrogens is 1. The summed E-state index contributed by atoms with van der Waals surface area (Å²) in [5.41, 5.74) is 6.88. The Morgan fingerprint density at radius 3 is 2.57 bits per heavy atom. The van der Waals surface area contributed by atoms with E-state index < -0.39 is 0 Å². The molecule has 0 aromatic carbocycles. The Hall–Kier alpha value is -1.29. The third-order valence-corrected chi connectivity index (χ3v) is 5.31. The first-order valence-corrected chi connectivity index (χ1v) is 8.48. The lowest BCUT2D eigenvalue weighted by Gasteiger charge is -2.44. The van der Waals surface area contributed by atoms with Gasteiger partial charge in [0.15, 0.2) is 0 Å². The molecule has 0 spiro atoms. The molecule has 1 saturated carbocycles. The maximum absolute atomic E-state index is 5.67. The predicted octanol–water partition coefficient (Wildman–Crippen LogP) is 2.75. The van der Waals surface area contributed by atoms with E-state index in [-0.39, 0.29) is 0 Å². The highest BCUT2D eigenvalue weighted by Crippen LogP contribution is 2.31. The van der Waals surface area contributed by atoms with Gasteiger partial charge in [-0.2, -0.15) is 0 Å². The molecule has 2 unspecified atom stereocenters. The van der Waals surface area contributed by atoms with Crippen molar-refractivity contribution in [2.75, 3.05) is 36.8 Å². The van der Waals surface area contributed by atoms with Crippen LogP contribution in [0.1, 0.15) is 39.0 Å². The van der Waals surface area contributed by atoms with Crippen molar-refractivity contribution in [3.63, 3.8) is 0 Å². The minimum absolute atomic E-state index is 0.602. The number of hydrogen-bond donors (Lipinski definition) is 1. The molecule has 1 aliphatic carbocycles. The quantitative estimate of drug-likeness (QED) is 0.929. The van der Waals surface area contributed by atoms with E-state index in [9.17, 15) is 0 Å². The van der Waals surface area contributed by atoms with Crippen LogP contribution in [0.4, 0.5) is 11.5 Å². The first-order valence-electron chi connectivity index (χ1n) is 8.48. The van der Waals surface area contributed by atoms with Crippen molar-refractivity contribution < 1.29 is 0 Å². The fourth-order valence-corrected chi connectivity index (χ4v) is 4.04. The summed E-state index contributed by atoms with van der Waals surface area (Å²) < 4.78 is 0. The molecule has 21 heavy (non-hydrogen) atoms. The molecule has 2 fully saturated rings. The average molecular weight is 288 g/mol. The van der Waals surface area contributed by atoms with Gasteiger partial charge in [-0.05, 0) is 30.9 Å². The first kappa shape index (κ1) is 14.6. The molecule has 4 nitrogen and oxygen atoms in total. The zero-order valence-corrected chi connectivity index (χ0v) is 13.2. The van der Waals surface area contributed by atoms with Crippen LogP contribution in [-0.4, -0.2) is 42.1 Å². The van der Waals surface area contributed by atoms with Crippen molar-refractivity contribution in [1.29, 1.82) is 0 Å².